The molecule has 1 aliphatic heterocycles. The largest absolute Gasteiger partial charge is 0.454 e. The molecule has 1 saturated carbocycles. The van der Waals surface area contributed by atoms with Crippen molar-refractivity contribution >= 4 is 27.5 Å². The maximum absolute atomic E-state index is 13.2. The molecule has 0 unspecified atom stereocenters. The summed E-state index contributed by atoms with van der Waals surface area (Å²) in [6.45, 7) is 0.195. The Bertz CT molecular complexity index is 1060. The standard InChI is InChI=1S/C24H27NO5S/c26-23(19-8-2-1-3-9-19)17-30-24(27)20-12-14-21(15-13-20)31(28,29)25-16-6-10-18-7-4-5-11-22(18)25/h4-5,7,11-15,19H,1-3,6,8-10,16-17H2. The number of esters is 1. The summed E-state index contributed by atoms with van der Waals surface area (Å²) in [7, 11) is -3.73. The fraction of sp³-hybridized carbons (Fsp3) is 0.417. The molecular weight excluding hydrogens is 414 g/mol. The van der Waals surface area contributed by atoms with Gasteiger partial charge in [-0.15, -0.1) is 0 Å². The lowest BCUT2D eigenvalue weighted by atomic mass is 9.86. The van der Waals surface area contributed by atoms with E-state index in [-0.39, 0.29) is 28.8 Å². The Morgan fingerprint density at radius 1 is 0.935 bits per heavy atom. The van der Waals surface area contributed by atoms with Gasteiger partial charge in [-0.05, 0) is 61.6 Å². The van der Waals surface area contributed by atoms with Gasteiger partial charge in [0.1, 0.15) is 0 Å². The minimum Gasteiger partial charge on any atom is -0.454 e. The molecule has 164 valence electrons. The van der Waals surface area contributed by atoms with Crippen molar-refractivity contribution in [1.29, 1.82) is 0 Å². The summed E-state index contributed by atoms with van der Waals surface area (Å²) < 4.78 is 33.0. The van der Waals surface area contributed by atoms with Gasteiger partial charge in [-0.3, -0.25) is 9.10 Å². The van der Waals surface area contributed by atoms with Crippen LogP contribution in [0.4, 0.5) is 5.69 Å². The second-order valence-corrected chi connectivity index (χ2v) is 10.1. The van der Waals surface area contributed by atoms with Crippen LogP contribution in [0.2, 0.25) is 0 Å². The van der Waals surface area contributed by atoms with Gasteiger partial charge in [0.05, 0.1) is 16.1 Å². The highest BCUT2D eigenvalue weighted by Gasteiger charge is 2.29. The van der Waals surface area contributed by atoms with E-state index in [1.807, 2.05) is 24.3 Å². The number of hydrogen-bond acceptors (Lipinski definition) is 5. The summed E-state index contributed by atoms with van der Waals surface area (Å²) in [5.41, 5.74) is 1.95. The molecule has 0 amide bonds. The van der Waals surface area contributed by atoms with Crippen LogP contribution in [0.15, 0.2) is 53.4 Å². The lowest BCUT2D eigenvalue weighted by Gasteiger charge is -2.30. The van der Waals surface area contributed by atoms with Gasteiger partial charge in [-0.2, -0.15) is 0 Å². The molecule has 6 nitrogen and oxygen atoms in total. The first-order chi connectivity index (χ1) is 15.0. The molecule has 2 aliphatic rings. The lowest BCUT2D eigenvalue weighted by molar-refractivity contribution is -0.126. The zero-order chi connectivity index (χ0) is 21.8. The van der Waals surface area contributed by atoms with Gasteiger partial charge in [0, 0.05) is 12.5 Å². The first-order valence-electron chi connectivity index (χ1n) is 10.9. The molecule has 1 heterocycles. The SMILES string of the molecule is O=C(OCC(=O)C1CCCCC1)c1ccc(S(=O)(=O)N2CCCc3ccccc32)cc1. The lowest BCUT2D eigenvalue weighted by Crippen LogP contribution is -2.35. The maximum atomic E-state index is 13.2. The normalized spacial score (nSPS) is 17.1. The van der Waals surface area contributed by atoms with Crippen molar-refractivity contribution in [1.82, 2.24) is 0 Å². The third-order valence-corrected chi connectivity index (χ3v) is 7.98. The Balaban J connectivity index is 1.43. The number of hydrogen-bond donors (Lipinski definition) is 0. The van der Waals surface area contributed by atoms with Crippen LogP contribution >= 0.6 is 0 Å². The minimum absolute atomic E-state index is 0.0125. The summed E-state index contributed by atoms with van der Waals surface area (Å²) in [5.74, 6) is -0.658. The highest BCUT2D eigenvalue weighted by atomic mass is 32.2. The Morgan fingerprint density at radius 2 is 1.65 bits per heavy atom. The number of benzene rings is 2. The van der Waals surface area contributed by atoms with Crippen LogP contribution in [-0.2, 0) is 26.0 Å². The number of nitrogens with zero attached hydrogens (tertiary/aromatic N) is 1. The number of carbonyl (C=O) groups is 2. The minimum atomic E-state index is -3.73. The molecule has 0 N–H and O–H groups in total. The average molecular weight is 442 g/mol. The Hall–Kier alpha value is -2.67. The van der Waals surface area contributed by atoms with Crippen molar-refractivity contribution in [2.45, 2.75) is 49.8 Å². The average Bonchev–Trinajstić information content (AvgIpc) is 2.82. The highest BCUT2D eigenvalue weighted by molar-refractivity contribution is 7.92. The van der Waals surface area contributed by atoms with Crippen molar-refractivity contribution in [2.75, 3.05) is 17.5 Å². The fourth-order valence-electron chi connectivity index (χ4n) is 4.40. The molecular formula is C24H27NO5S. The van der Waals surface area contributed by atoms with E-state index >= 15 is 0 Å². The summed E-state index contributed by atoms with van der Waals surface area (Å²) in [6, 6.07) is 13.2. The third kappa shape index (κ3) is 4.66. The van der Waals surface area contributed by atoms with Crippen LogP contribution in [-0.4, -0.2) is 33.3 Å². The summed E-state index contributed by atoms with van der Waals surface area (Å²) >= 11 is 0. The van der Waals surface area contributed by atoms with Gasteiger partial charge < -0.3 is 4.74 Å². The summed E-state index contributed by atoms with van der Waals surface area (Å²) in [6.07, 6.45) is 6.58. The maximum Gasteiger partial charge on any atom is 0.338 e. The Labute approximate surface area is 183 Å². The third-order valence-electron chi connectivity index (χ3n) is 6.15. The number of sulfonamides is 1. The van der Waals surface area contributed by atoms with Gasteiger partial charge in [0.2, 0.25) is 0 Å². The Morgan fingerprint density at radius 3 is 2.39 bits per heavy atom. The molecule has 0 spiro atoms. The quantitative estimate of drug-likeness (QED) is 0.630. The zero-order valence-corrected chi connectivity index (χ0v) is 18.3. The van der Waals surface area contributed by atoms with Crippen LogP contribution in [0.25, 0.3) is 0 Å². The number of ketones is 1. The first-order valence-corrected chi connectivity index (χ1v) is 12.3. The van der Waals surface area contributed by atoms with Crippen molar-refractivity contribution in [3.05, 3.63) is 59.7 Å². The number of rotatable bonds is 6. The van der Waals surface area contributed by atoms with Crippen molar-refractivity contribution in [3.63, 3.8) is 0 Å². The fourth-order valence-corrected chi connectivity index (χ4v) is 5.94. The molecule has 4 rings (SSSR count). The molecule has 0 saturated heterocycles. The van der Waals surface area contributed by atoms with Gasteiger partial charge in [-0.25, -0.2) is 13.2 Å². The summed E-state index contributed by atoms with van der Waals surface area (Å²) in [4.78, 5) is 24.7. The molecule has 2 aromatic rings. The number of aryl methyl sites for hydroxylation is 1. The first kappa shape index (κ1) is 21.6. The van der Waals surface area contributed by atoms with Gasteiger partial charge in [0.15, 0.2) is 12.4 Å². The van der Waals surface area contributed by atoms with Crippen LogP contribution in [0, 0.1) is 5.92 Å². The van der Waals surface area contributed by atoms with E-state index < -0.39 is 16.0 Å². The molecule has 31 heavy (non-hydrogen) atoms. The highest BCUT2D eigenvalue weighted by Crippen LogP contribution is 2.32. The van der Waals surface area contributed by atoms with Crippen LogP contribution in [0.1, 0.15) is 54.4 Å². The number of ether oxygens (including phenoxy) is 1. The predicted molar refractivity (Wildman–Crippen MR) is 118 cm³/mol. The molecule has 7 heteroatoms. The van der Waals surface area contributed by atoms with Crippen molar-refractivity contribution in [3.8, 4) is 0 Å². The van der Waals surface area contributed by atoms with E-state index in [0.717, 1.165) is 50.5 Å². The molecule has 0 atom stereocenters. The summed E-state index contributed by atoms with van der Waals surface area (Å²) in [5, 5.41) is 0. The molecule has 1 aliphatic carbocycles. The van der Waals surface area contributed by atoms with Crippen LogP contribution in [0.5, 0.6) is 0 Å². The molecule has 2 aromatic carbocycles. The van der Waals surface area contributed by atoms with Gasteiger partial charge >= 0.3 is 5.97 Å². The van der Waals surface area contributed by atoms with Crippen LogP contribution in [0.3, 0.4) is 0 Å². The number of para-hydroxylation sites is 1. The van der Waals surface area contributed by atoms with E-state index in [9.17, 15) is 18.0 Å². The Kier molecular flexibility index (Phi) is 6.41. The van der Waals surface area contributed by atoms with E-state index in [1.54, 1.807) is 0 Å². The zero-order valence-electron chi connectivity index (χ0n) is 17.5. The molecule has 0 radical (unpaired) electrons. The number of Topliss-reactive ketones (excluding diaryl/α,β-unsaturated/α-hetero) is 1. The molecule has 0 bridgehead atoms. The number of fused-ring (bicyclic) bond motifs is 1. The topological polar surface area (TPSA) is 80.8 Å². The monoisotopic (exact) mass is 441 g/mol. The van der Waals surface area contributed by atoms with E-state index in [0.29, 0.717) is 12.2 Å². The van der Waals surface area contributed by atoms with Crippen molar-refractivity contribution < 1.29 is 22.7 Å². The van der Waals surface area contributed by atoms with Gasteiger partial charge in [-0.1, -0.05) is 37.5 Å². The smallest absolute Gasteiger partial charge is 0.338 e. The second kappa shape index (κ2) is 9.22. The molecule has 1 fully saturated rings. The molecule has 0 aromatic heterocycles. The second-order valence-electron chi connectivity index (χ2n) is 8.21. The van der Waals surface area contributed by atoms with E-state index in [4.69, 9.17) is 4.74 Å². The number of carbonyl (C=O) groups excluding carboxylic acids is 2. The predicted octanol–water partition coefficient (Wildman–Crippen LogP) is 4.13. The van der Waals surface area contributed by atoms with Crippen LogP contribution < -0.4 is 4.31 Å². The van der Waals surface area contributed by atoms with Gasteiger partial charge in [0.25, 0.3) is 10.0 Å². The van der Waals surface area contributed by atoms with E-state index in [1.165, 1.54) is 28.6 Å². The van der Waals surface area contributed by atoms with Crippen molar-refractivity contribution in [2.24, 2.45) is 5.92 Å². The van der Waals surface area contributed by atoms with E-state index in [2.05, 4.69) is 0 Å². The number of anilines is 1.